The fraction of sp³-hybridized carbons (Fsp3) is 0.300. The highest BCUT2D eigenvalue weighted by molar-refractivity contribution is 5.98. The smallest absolute Gasteiger partial charge is 0.253 e. The second-order valence-electron chi connectivity index (χ2n) is 9.87. The van der Waals surface area contributed by atoms with Gasteiger partial charge < -0.3 is 24.8 Å². The zero-order valence-electron chi connectivity index (χ0n) is 21.8. The lowest BCUT2D eigenvalue weighted by Gasteiger charge is -2.43. The molecule has 3 aromatic carbocycles. The van der Waals surface area contributed by atoms with Gasteiger partial charge >= 0.3 is 0 Å². The van der Waals surface area contributed by atoms with Crippen molar-refractivity contribution in [3.8, 4) is 5.75 Å². The number of carbonyl (C=O) groups is 3. The van der Waals surface area contributed by atoms with Crippen LogP contribution in [0, 0.1) is 5.82 Å². The van der Waals surface area contributed by atoms with Crippen molar-refractivity contribution in [3.05, 3.63) is 95.8 Å². The number of hydrogen-bond donors (Lipinski definition) is 1. The van der Waals surface area contributed by atoms with Gasteiger partial charge in [-0.15, -0.1) is 0 Å². The summed E-state index contributed by atoms with van der Waals surface area (Å²) >= 11 is 0. The van der Waals surface area contributed by atoms with Crippen LogP contribution in [0.4, 0.5) is 10.1 Å². The van der Waals surface area contributed by atoms with Crippen LogP contribution in [-0.2, 0) is 16.1 Å². The minimum atomic E-state index is -0.844. The number of hydrogen-bond acceptors (Lipinski definition) is 5. The van der Waals surface area contributed by atoms with E-state index >= 15 is 0 Å². The van der Waals surface area contributed by atoms with E-state index in [0.717, 1.165) is 11.3 Å². The lowest BCUT2D eigenvalue weighted by Crippen LogP contribution is -2.57. The van der Waals surface area contributed by atoms with Gasteiger partial charge in [0.1, 0.15) is 23.7 Å². The molecular formula is C30H31FN4O4. The van der Waals surface area contributed by atoms with Crippen LogP contribution in [-0.4, -0.2) is 66.5 Å². The molecule has 2 aliphatic rings. The molecular weight excluding hydrogens is 499 g/mol. The largest absolute Gasteiger partial charge is 0.497 e. The van der Waals surface area contributed by atoms with Gasteiger partial charge in [-0.1, -0.05) is 36.4 Å². The number of anilines is 1. The number of para-hydroxylation sites is 1. The first kappa shape index (κ1) is 26.2. The Hall–Kier alpha value is -4.40. The van der Waals surface area contributed by atoms with Crippen LogP contribution in [0.3, 0.4) is 0 Å². The molecule has 3 aromatic rings. The Morgan fingerprint density at radius 2 is 1.69 bits per heavy atom. The molecule has 2 fully saturated rings. The number of rotatable bonds is 7. The Morgan fingerprint density at radius 3 is 2.38 bits per heavy atom. The summed E-state index contributed by atoms with van der Waals surface area (Å²) < 4.78 is 18.4. The van der Waals surface area contributed by atoms with Crippen LogP contribution in [0.1, 0.15) is 28.8 Å². The molecule has 9 heteroatoms. The average molecular weight is 531 g/mol. The summed E-state index contributed by atoms with van der Waals surface area (Å²) in [6.45, 7) is 1.26. The van der Waals surface area contributed by atoms with E-state index in [4.69, 9.17) is 4.74 Å². The number of nitrogens with one attached hydrogen (secondary N) is 1. The number of amides is 3. The Bertz CT molecular complexity index is 1340. The fourth-order valence-corrected chi connectivity index (χ4v) is 5.37. The highest BCUT2D eigenvalue weighted by Crippen LogP contribution is 2.39. The number of halogens is 1. The Kier molecular flexibility index (Phi) is 7.49. The number of likely N-dealkylation sites (tertiary alicyclic amines) is 1. The van der Waals surface area contributed by atoms with Gasteiger partial charge in [0.2, 0.25) is 5.91 Å². The van der Waals surface area contributed by atoms with Gasteiger partial charge in [-0.25, -0.2) is 4.39 Å². The third-order valence-electron chi connectivity index (χ3n) is 7.51. The minimum Gasteiger partial charge on any atom is -0.497 e. The normalized spacial score (nSPS) is 16.5. The summed E-state index contributed by atoms with van der Waals surface area (Å²) in [4.78, 5) is 45.3. The first-order chi connectivity index (χ1) is 18.9. The molecule has 39 heavy (non-hydrogen) atoms. The van der Waals surface area contributed by atoms with Gasteiger partial charge in [-0.2, -0.15) is 0 Å². The lowest BCUT2D eigenvalue weighted by molar-refractivity contribution is -0.137. The van der Waals surface area contributed by atoms with Crippen LogP contribution in [0.2, 0.25) is 0 Å². The first-order valence-corrected chi connectivity index (χ1v) is 13.0. The van der Waals surface area contributed by atoms with Crippen LogP contribution in [0.25, 0.3) is 0 Å². The molecule has 0 saturated carbocycles. The lowest BCUT2D eigenvalue weighted by atomic mass is 9.85. The van der Waals surface area contributed by atoms with E-state index in [1.54, 1.807) is 53.3 Å². The molecule has 8 nitrogen and oxygen atoms in total. The van der Waals surface area contributed by atoms with E-state index in [9.17, 15) is 18.8 Å². The van der Waals surface area contributed by atoms with Crippen molar-refractivity contribution in [3.63, 3.8) is 0 Å². The molecule has 0 radical (unpaired) electrons. The summed E-state index contributed by atoms with van der Waals surface area (Å²) in [6.07, 6.45) is 0.897. The quantitative estimate of drug-likeness (QED) is 0.506. The van der Waals surface area contributed by atoms with Crippen molar-refractivity contribution in [1.82, 2.24) is 15.1 Å². The molecule has 0 aromatic heterocycles. The van der Waals surface area contributed by atoms with E-state index in [1.165, 1.54) is 12.1 Å². The van der Waals surface area contributed by atoms with Gasteiger partial charge in [0.05, 0.1) is 13.8 Å². The SMILES string of the molecule is COc1cccc(C(=O)N2CCC3(CC2)C(=O)N(CC(=O)NCc2ccc(F)cc2)CN3c2ccccc2)c1. The van der Waals surface area contributed by atoms with Crippen LogP contribution < -0.4 is 15.0 Å². The van der Waals surface area contributed by atoms with Crippen LogP contribution in [0.15, 0.2) is 78.9 Å². The van der Waals surface area contributed by atoms with Crippen LogP contribution >= 0.6 is 0 Å². The van der Waals surface area contributed by atoms with E-state index in [1.807, 2.05) is 30.3 Å². The zero-order valence-corrected chi connectivity index (χ0v) is 21.8. The highest BCUT2D eigenvalue weighted by Gasteiger charge is 2.54. The van der Waals surface area contributed by atoms with Gasteiger partial charge in [-0.05, 0) is 60.9 Å². The molecule has 1 spiro atoms. The molecule has 3 amide bonds. The molecule has 2 heterocycles. The van der Waals surface area contributed by atoms with Gasteiger partial charge in [0, 0.05) is 30.9 Å². The second kappa shape index (κ2) is 11.1. The maximum atomic E-state index is 13.9. The van der Waals surface area contributed by atoms with E-state index in [2.05, 4.69) is 10.2 Å². The van der Waals surface area contributed by atoms with Crippen molar-refractivity contribution in [2.45, 2.75) is 24.9 Å². The number of carbonyl (C=O) groups excluding carboxylic acids is 3. The van der Waals surface area contributed by atoms with E-state index in [-0.39, 0.29) is 43.3 Å². The van der Waals surface area contributed by atoms with Crippen molar-refractivity contribution >= 4 is 23.4 Å². The standard InChI is InChI=1S/C30H31FN4O4/c1-39-26-9-5-6-23(18-26)28(37)33-16-14-30(15-17-33)29(38)34(21-35(30)25-7-3-2-4-8-25)20-27(36)32-19-22-10-12-24(31)13-11-22/h2-13,18H,14-17,19-21H2,1H3,(H,32,36). The average Bonchev–Trinajstić information content (AvgIpc) is 3.23. The molecule has 2 saturated heterocycles. The summed E-state index contributed by atoms with van der Waals surface area (Å²) in [6, 6.07) is 22.7. The predicted octanol–water partition coefficient (Wildman–Crippen LogP) is 3.43. The molecule has 0 atom stereocenters. The molecule has 202 valence electrons. The van der Waals surface area contributed by atoms with E-state index in [0.29, 0.717) is 37.2 Å². The Balaban J connectivity index is 1.29. The van der Waals surface area contributed by atoms with E-state index < -0.39 is 5.54 Å². The maximum Gasteiger partial charge on any atom is 0.253 e. The number of ether oxygens (including phenoxy) is 1. The monoisotopic (exact) mass is 530 g/mol. The Labute approximate surface area is 227 Å². The van der Waals surface area contributed by atoms with Crippen molar-refractivity contribution < 1.29 is 23.5 Å². The van der Waals surface area contributed by atoms with Crippen LogP contribution in [0.5, 0.6) is 5.75 Å². The second-order valence-corrected chi connectivity index (χ2v) is 9.87. The third kappa shape index (κ3) is 5.43. The number of piperidine rings is 1. The Morgan fingerprint density at radius 1 is 0.974 bits per heavy atom. The summed E-state index contributed by atoms with van der Waals surface area (Å²) in [5.41, 5.74) is 1.37. The molecule has 2 aliphatic heterocycles. The first-order valence-electron chi connectivity index (χ1n) is 13.0. The third-order valence-corrected chi connectivity index (χ3v) is 7.51. The number of nitrogens with zero attached hydrogens (tertiary/aromatic N) is 3. The number of methoxy groups -OCH3 is 1. The molecule has 0 aliphatic carbocycles. The summed E-state index contributed by atoms with van der Waals surface area (Å²) in [7, 11) is 1.56. The number of benzene rings is 3. The maximum absolute atomic E-state index is 13.9. The molecule has 1 N–H and O–H groups in total. The van der Waals surface area contributed by atoms with Crippen molar-refractivity contribution in [2.75, 3.05) is 38.3 Å². The minimum absolute atomic E-state index is 0.0857. The molecule has 5 rings (SSSR count). The van der Waals surface area contributed by atoms with Gasteiger partial charge in [0.25, 0.3) is 11.8 Å². The molecule has 0 bridgehead atoms. The summed E-state index contributed by atoms with van der Waals surface area (Å²) in [5, 5.41) is 2.82. The van der Waals surface area contributed by atoms with Crippen molar-refractivity contribution in [2.24, 2.45) is 0 Å². The fourth-order valence-electron chi connectivity index (χ4n) is 5.37. The van der Waals surface area contributed by atoms with Crippen molar-refractivity contribution in [1.29, 1.82) is 0 Å². The topological polar surface area (TPSA) is 82.2 Å². The van der Waals surface area contributed by atoms with Gasteiger partial charge in [-0.3, -0.25) is 14.4 Å². The predicted molar refractivity (Wildman–Crippen MR) is 145 cm³/mol. The van der Waals surface area contributed by atoms with Gasteiger partial charge in [0.15, 0.2) is 0 Å². The zero-order chi connectivity index (χ0) is 27.4. The molecule has 0 unspecified atom stereocenters. The highest BCUT2D eigenvalue weighted by atomic mass is 19.1. The summed E-state index contributed by atoms with van der Waals surface area (Å²) in [5.74, 6) is -0.225.